The molecule has 1 aromatic heterocycles. The third kappa shape index (κ3) is 3.76. The molecule has 2 aromatic carbocycles. The van der Waals surface area contributed by atoms with Crippen LogP contribution in [0.3, 0.4) is 0 Å². The molecule has 6 heteroatoms. The molecule has 0 bridgehead atoms. The first-order valence-electron chi connectivity index (χ1n) is 7.14. The van der Waals surface area contributed by atoms with E-state index in [1.165, 1.54) is 0 Å². The predicted octanol–water partition coefficient (Wildman–Crippen LogP) is 3.36. The van der Waals surface area contributed by atoms with E-state index in [9.17, 15) is 4.79 Å². The standard InChI is InChI=1S/C17H14ClN3O2/c18-14-9-5-4-8-13(14)16-20-21-17(23-16)15(22)19-11-10-12-6-2-1-3-7-12/h1-9H,10-11H2,(H,19,22). The summed E-state index contributed by atoms with van der Waals surface area (Å²) in [5.74, 6) is -0.247. The van der Waals surface area contributed by atoms with Crippen molar-refractivity contribution in [1.29, 1.82) is 0 Å². The summed E-state index contributed by atoms with van der Waals surface area (Å²) < 4.78 is 5.40. The van der Waals surface area contributed by atoms with Gasteiger partial charge in [-0.25, -0.2) is 0 Å². The highest BCUT2D eigenvalue weighted by Gasteiger charge is 2.16. The highest BCUT2D eigenvalue weighted by Crippen LogP contribution is 2.26. The zero-order chi connectivity index (χ0) is 16.1. The summed E-state index contributed by atoms with van der Waals surface area (Å²) in [5.41, 5.74) is 1.75. The van der Waals surface area contributed by atoms with Crippen LogP contribution in [-0.2, 0) is 6.42 Å². The SMILES string of the molecule is O=C(NCCc1ccccc1)c1nnc(-c2ccccc2Cl)o1. The van der Waals surface area contributed by atoms with Crippen molar-refractivity contribution < 1.29 is 9.21 Å². The highest BCUT2D eigenvalue weighted by atomic mass is 35.5. The van der Waals surface area contributed by atoms with Crippen molar-refractivity contribution in [3.63, 3.8) is 0 Å². The fraction of sp³-hybridized carbons (Fsp3) is 0.118. The molecule has 0 saturated carbocycles. The summed E-state index contributed by atoms with van der Waals surface area (Å²) in [4.78, 5) is 12.0. The van der Waals surface area contributed by atoms with Gasteiger partial charge in [0.25, 0.3) is 0 Å². The first kappa shape index (κ1) is 15.2. The van der Waals surface area contributed by atoms with Gasteiger partial charge in [0.2, 0.25) is 5.89 Å². The van der Waals surface area contributed by atoms with Crippen LogP contribution in [0.4, 0.5) is 0 Å². The molecule has 0 fully saturated rings. The van der Waals surface area contributed by atoms with E-state index in [2.05, 4.69) is 15.5 Å². The number of hydrogen-bond acceptors (Lipinski definition) is 4. The average molecular weight is 328 g/mol. The Morgan fingerprint density at radius 3 is 2.57 bits per heavy atom. The molecule has 0 aliphatic carbocycles. The molecule has 1 amide bonds. The summed E-state index contributed by atoms with van der Waals surface area (Å²) >= 11 is 6.07. The molecule has 0 saturated heterocycles. The Labute approximate surface area is 138 Å². The Balaban J connectivity index is 1.62. The number of aromatic nitrogens is 2. The Bertz CT molecular complexity index is 802. The zero-order valence-electron chi connectivity index (χ0n) is 12.2. The summed E-state index contributed by atoms with van der Waals surface area (Å²) in [6, 6.07) is 17.0. The van der Waals surface area contributed by atoms with Gasteiger partial charge in [0.1, 0.15) is 0 Å². The number of carbonyl (C=O) groups excluding carboxylic acids is 1. The zero-order valence-corrected chi connectivity index (χ0v) is 13.0. The quantitative estimate of drug-likeness (QED) is 0.780. The second kappa shape index (κ2) is 7.07. The third-order valence-corrected chi connectivity index (χ3v) is 3.60. The van der Waals surface area contributed by atoms with Crippen molar-refractivity contribution in [1.82, 2.24) is 15.5 Å². The Hall–Kier alpha value is -2.66. The van der Waals surface area contributed by atoms with E-state index < -0.39 is 5.91 Å². The van der Waals surface area contributed by atoms with Crippen LogP contribution in [-0.4, -0.2) is 22.6 Å². The lowest BCUT2D eigenvalue weighted by molar-refractivity contribution is 0.0920. The van der Waals surface area contributed by atoms with Gasteiger partial charge in [-0.3, -0.25) is 4.79 Å². The third-order valence-electron chi connectivity index (χ3n) is 3.27. The summed E-state index contributed by atoms with van der Waals surface area (Å²) in [6.45, 7) is 0.493. The molecule has 0 radical (unpaired) electrons. The molecule has 23 heavy (non-hydrogen) atoms. The lowest BCUT2D eigenvalue weighted by Gasteiger charge is -2.02. The molecule has 0 unspecified atom stereocenters. The van der Waals surface area contributed by atoms with E-state index in [0.29, 0.717) is 17.1 Å². The van der Waals surface area contributed by atoms with Crippen LogP contribution in [0.2, 0.25) is 5.02 Å². The van der Waals surface area contributed by atoms with Crippen molar-refractivity contribution >= 4 is 17.5 Å². The molecule has 0 spiro atoms. The van der Waals surface area contributed by atoms with Gasteiger partial charge in [0.15, 0.2) is 0 Å². The van der Waals surface area contributed by atoms with Crippen molar-refractivity contribution in [2.24, 2.45) is 0 Å². The van der Waals surface area contributed by atoms with Gasteiger partial charge < -0.3 is 9.73 Å². The molecule has 1 heterocycles. The summed E-state index contributed by atoms with van der Waals surface area (Å²) in [6.07, 6.45) is 0.734. The van der Waals surface area contributed by atoms with E-state index in [1.54, 1.807) is 18.2 Å². The molecule has 0 atom stereocenters. The number of halogens is 1. The van der Waals surface area contributed by atoms with Crippen LogP contribution >= 0.6 is 11.6 Å². The maximum absolute atomic E-state index is 12.0. The fourth-order valence-corrected chi connectivity index (χ4v) is 2.32. The largest absolute Gasteiger partial charge is 0.412 e. The van der Waals surface area contributed by atoms with E-state index in [1.807, 2.05) is 36.4 Å². The fourth-order valence-electron chi connectivity index (χ4n) is 2.10. The molecule has 0 aliphatic rings. The molecule has 3 rings (SSSR count). The topological polar surface area (TPSA) is 68.0 Å². The number of nitrogens with zero attached hydrogens (tertiary/aromatic N) is 2. The molecule has 116 valence electrons. The number of carbonyl (C=O) groups is 1. The van der Waals surface area contributed by atoms with Crippen LogP contribution < -0.4 is 5.32 Å². The Kier molecular flexibility index (Phi) is 4.68. The summed E-state index contributed by atoms with van der Waals surface area (Å²) in [5, 5.41) is 10.9. The molecular weight excluding hydrogens is 314 g/mol. The lowest BCUT2D eigenvalue weighted by Crippen LogP contribution is -2.26. The number of nitrogens with one attached hydrogen (secondary N) is 1. The monoisotopic (exact) mass is 327 g/mol. The minimum absolute atomic E-state index is 0.0759. The van der Waals surface area contributed by atoms with E-state index in [4.69, 9.17) is 16.0 Å². The van der Waals surface area contributed by atoms with Gasteiger partial charge in [-0.1, -0.05) is 54.1 Å². The molecular formula is C17H14ClN3O2. The smallest absolute Gasteiger partial charge is 0.308 e. The number of amides is 1. The normalized spacial score (nSPS) is 10.5. The highest BCUT2D eigenvalue weighted by molar-refractivity contribution is 6.33. The second-order valence-corrected chi connectivity index (χ2v) is 5.29. The van der Waals surface area contributed by atoms with Crippen LogP contribution in [0.25, 0.3) is 11.5 Å². The Morgan fingerprint density at radius 2 is 1.78 bits per heavy atom. The summed E-state index contributed by atoms with van der Waals surface area (Å²) in [7, 11) is 0. The molecule has 0 aliphatic heterocycles. The first-order valence-corrected chi connectivity index (χ1v) is 7.52. The van der Waals surface area contributed by atoms with Gasteiger partial charge in [-0.2, -0.15) is 0 Å². The number of hydrogen-bond donors (Lipinski definition) is 1. The van der Waals surface area contributed by atoms with E-state index in [-0.39, 0.29) is 11.8 Å². The van der Waals surface area contributed by atoms with Gasteiger partial charge >= 0.3 is 11.8 Å². The van der Waals surface area contributed by atoms with E-state index >= 15 is 0 Å². The Morgan fingerprint density at radius 1 is 1.04 bits per heavy atom. The van der Waals surface area contributed by atoms with Crippen molar-refractivity contribution in [3.05, 3.63) is 71.1 Å². The number of benzene rings is 2. The second-order valence-electron chi connectivity index (χ2n) is 4.88. The maximum Gasteiger partial charge on any atom is 0.308 e. The van der Waals surface area contributed by atoms with Gasteiger partial charge in [-0.15, -0.1) is 10.2 Å². The predicted molar refractivity (Wildman–Crippen MR) is 87.2 cm³/mol. The van der Waals surface area contributed by atoms with Gasteiger partial charge in [0, 0.05) is 6.54 Å². The first-order chi connectivity index (χ1) is 11.2. The number of rotatable bonds is 5. The van der Waals surface area contributed by atoms with Gasteiger partial charge in [-0.05, 0) is 24.1 Å². The minimum Gasteiger partial charge on any atom is -0.412 e. The van der Waals surface area contributed by atoms with Crippen molar-refractivity contribution in [2.45, 2.75) is 6.42 Å². The van der Waals surface area contributed by atoms with E-state index in [0.717, 1.165) is 12.0 Å². The minimum atomic E-state index is -0.397. The van der Waals surface area contributed by atoms with Crippen LogP contribution in [0, 0.1) is 0 Å². The van der Waals surface area contributed by atoms with Crippen molar-refractivity contribution in [2.75, 3.05) is 6.54 Å². The van der Waals surface area contributed by atoms with Crippen LogP contribution in [0.1, 0.15) is 16.2 Å². The van der Waals surface area contributed by atoms with Gasteiger partial charge in [0.05, 0.1) is 10.6 Å². The maximum atomic E-state index is 12.0. The molecule has 5 nitrogen and oxygen atoms in total. The van der Waals surface area contributed by atoms with Crippen molar-refractivity contribution in [3.8, 4) is 11.5 Å². The molecule has 3 aromatic rings. The average Bonchev–Trinajstić information content (AvgIpc) is 3.06. The van der Waals surface area contributed by atoms with Crippen LogP contribution in [0.15, 0.2) is 59.0 Å². The molecule has 1 N–H and O–H groups in total. The lowest BCUT2D eigenvalue weighted by atomic mass is 10.1. The van der Waals surface area contributed by atoms with Crippen LogP contribution in [0.5, 0.6) is 0 Å².